The Morgan fingerprint density at radius 1 is 1.33 bits per heavy atom. The molecule has 1 amide bonds. The van der Waals surface area contributed by atoms with Crippen molar-refractivity contribution in [2.45, 2.75) is 0 Å². The minimum atomic E-state index is -0.635. The SMILES string of the molecule is NC(=O)/C(=C\O)c1ccccc1. The van der Waals surface area contributed by atoms with Crippen LogP contribution in [0.1, 0.15) is 5.56 Å². The van der Waals surface area contributed by atoms with Gasteiger partial charge in [-0.25, -0.2) is 0 Å². The first-order valence-corrected chi connectivity index (χ1v) is 3.45. The Hall–Kier alpha value is -1.77. The van der Waals surface area contributed by atoms with E-state index < -0.39 is 5.91 Å². The Morgan fingerprint density at radius 2 is 1.92 bits per heavy atom. The summed E-state index contributed by atoms with van der Waals surface area (Å²) in [4.78, 5) is 10.7. The van der Waals surface area contributed by atoms with Crippen molar-refractivity contribution >= 4 is 11.5 Å². The summed E-state index contributed by atoms with van der Waals surface area (Å²) in [5, 5.41) is 8.69. The van der Waals surface area contributed by atoms with Gasteiger partial charge >= 0.3 is 0 Å². The highest BCUT2D eigenvalue weighted by molar-refractivity contribution is 6.18. The van der Waals surface area contributed by atoms with E-state index in [1.54, 1.807) is 24.3 Å². The van der Waals surface area contributed by atoms with E-state index >= 15 is 0 Å². The summed E-state index contributed by atoms with van der Waals surface area (Å²) in [6.45, 7) is 0. The number of aliphatic hydroxyl groups excluding tert-OH is 1. The van der Waals surface area contributed by atoms with Crippen molar-refractivity contribution in [3.05, 3.63) is 42.2 Å². The Bertz CT molecular complexity index is 304. The predicted molar refractivity (Wildman–Crippen MR) is 46.2 cm³/mol. The summed E-state index contributed by atoms with van der Waals surface area (Å²) < 4.78 is 0. The molecule has 0 fully saturated rings. The second kappa shape index (κ2) is 3.57. The van der Waals surface area contributed by atoms with E-state index in [0.717, 1.165) is 6.26 Å². The minimum Gasteiger partial charge on any atom is -0.515 e. The molecular weight excluding hydrogens is 154 g/mol. The largest absolute Gasteiger partial charge is 0.515 e. The van der Waals surface area contributed by atoms with Crippen LogP contribution >= 0.6 is 0 Å². The van der Waals surface area contributed by atoms with E-state index in [9.17, 15) is 4.79 Å². The third kappa shape index (κ3) is 1.63. The van der Waals surface area contributed by atoms with Crippen LogP contribution in [0.15, 0.2) is 36.6 Å². The molecule has 0 saturated carbocycles. The number of primary amides is 1. The van der Waals surface area contributed by atoms with Gasteiger partial charge in [0, 0.05) is 0 Å². The van der Waals surface area contributed by atoms with Crippen molar-refractivity contribution in [1.29, 1.82) is 0 Å². The van der Waals surface area contributed by atoms with Crippen LogP contribution < -0.4 is 5.73 Å². The van der Waals surface area contributed by atoms with Gasteiger partial charge in [-0.15, -0.1) is 0 Å². The highest BCUT2D eigenvalue weighted by Gasteiger charge is 2.06. The molecule has 0 unspecified atom stereocenters. The van der Waals surface area contributed by atoms with Crippen LogP contribution in [0, 0.1) is 0 Å². The van der Waals surface area contributed by atoms with Crippen molar-refractivity contribution in [2.24, 2.45) is 5.73 Å². The van der Waals surface area contributed by atoms with Crippen LogP contribution in [0.25, 0.3) is 5.57 Å². The molecule has 3 N–H and O–H groups in total. The van der Waals surface area contributed by atoms with Crippen molar-refractivity contribution in [3.8, 4) is 0 Å². The van der Waals surface area contributed by atoms with Gasteiger partial charge in [-0.2, -0.15) is 0 Å². The van der Waals surface area contributed by atoms with Gasteiger partial charge < -0.3 is 10.8 Å². The van der Waals surface area contributed by atoms with Gasteiger partial charge in [0.15, 0.2) is 0 Å². The zero-order valence-corrected chi connectivity index (χ0v) is 6.40. The van der Waals surface area contributed by atoms with Crippen LogP contribution in [-0.2, 0) is 4.79 Å². The fourth-order valence-electron chi connectivity index (χ4n) is 0.898. The van der Waals surface area contributed by atoms with E-state index in [4.69, 9.17) is 10.8 Å². The smallest absolute Gasteiger partial charge is 0.252 e. The van der Waals surface area contributed by atoms with Crippen LogP contribution in [0.4, 0.5) is 0 Å². The van der Waals surface area contributed by atoms with Gasteiger partial charge in [-0.3, -0.25) is 4.79 Å². The van der Waals surface area contributed by atoms with Crippen LogP contribution in [0.3, 0.4) is 0 Å². The Labute approximate surface area is 70.1 Å². The number of carbonyl (C=O) groups is 1. The molecule has 3 nitrogen and oxygen atoms in total. The molecule has 0 bridgehead atoms. The van der Waals surface area contributed by atoms with Gasteiger partial charge in [-0.1, -0.05) is 30.3 Å². The van der Waals surface area contributed by atoms with E-state index in [0.29, 0.717) is 5.56 Å². The Morgan fingerprint density at radius 3 is 2.33 bits per heavy atom. The fraction of sp³-hybridized carbons (Fsp3) is 0. The Balaban J connectivity index is 3.05. The molecule has 0 radical (unpaired) electrons. The van der Waals surface area contributed by atoms with Gasteiger partial charge in [0.1, 0.15) is 0 Å². The van der Waals surface area contributed by atoms with Crippen molar-refractivity contribution < 1.29 is 9.90 Å². The third-order valence-electron chi connectivity index (χ3n) is 1.48. The average molecular weight is 163 g/mol. The summed E-state index contributed by atoms with van der Waals surface area (Å²) in [7, 11) is 0. The summed E-state index contributed by atoms with van der Waals surface area (Å²) in [5.74, 6) is -0.635. The molecule has 0 heterocycles. The van der Waals surface area contributed by atoms with Crippen LogP contribution in [0.2, 0.25) is 0 Å². The number of rotatable bonds is 2. The second-order valence-electron chi connectivity index (χ2n) is 2.27. The summed E-state index contributed by atoms with van der Waals surface area (Å²) in [5.41, 5.74) is 5.75. The molecule has 1 aromatic carbocycles. The maximum Gasteiger partial charge on any atom is 0.252 e. The highest BCUT2D eigenvalue weighted by atomic mass is 16.2. The normalized spacial score (nSPS) is 11.2. The summed E-state index contributed by atoms with van der Waals surface area (Å²) in [6, 6.07) is 8.75. The number of hydrogen-bond acceptors (Lipinski definition) is 2. The van der Waals surface area contributed by atoms with Crippen molar-refractivity contribution in [2.75, 3.05) is 0 Å². The van der Waals surface area contributed by atoms with E-state index in [2.05, 4.69) is 0 Å². The summed E-state index contributed by atoms with van der Waals surface area (Å²) in [6.07, 6.45) is 0.720. The van der Waals surface area contributed by atoms with Crippen LogP contribution in [0.5, 0.6) is 0 Å². The fourth-order valence-corrected chi connectivity index (χ4v) is 0.898. The van der Waals surface area contributed by atoms with E-state index in [-0.39, 0.29) is 5.57 Å². The van der Waals surface area contributed by atoms with Gasteiger partial charge in [0.05, 0.1) is 11.8 Å². The highest BCUT2D eigenvalue weighted by Crippen LogP contribution is 2.11. The molecule has 0 aliphatic heterocycles. The zero-order chi connectivity index (χ0) is 8.97. The standard InChI is InChI=1S/C9H9NO2/c10-9(12)8(6-11)7-4-2-1-3-5-7/h1-6,11H,(H2,10,12)/b8-6-. The molecule has 0 aromatic heterocycles. The van der Waals surface area contributed by atoms with E-state index in [1.165, 1.54) is 0 Å². The van der Waals surface area contributed by atoms with Crippen LogP contribution in [-0.4, -0.2) is 11.0 Å². The quantitative estimate of drug-likeness (QED) is 0.506. The number of nitrogens with two attached hydrogens (primary N) is 1. The monoisotopic (exact) mass is 163 g/mol. The van der Waals surface area contributed by atoms with Gasteiger partial charge in [-0.05, 0) is 5.56 Å². The number of benzene rings is 1. The third-order valence-corrected chi connectivity index (χ3v) is 1.48. The minimum absolute atomic E-state index is 0.121. The molecule has 62 valence electrons. The number of aliphatic hydroxyl groups is 1. The van der Waals surface area contributed by atoms with Crippen molar-refractivity contribution in [1.82, 2.24) is 0 Å². The molecular formula is C9H9NO2. The van der Waals surface area contributed by atoms with Gasteiger partial charge in [0.25, 0.3) is 5.91 Å². The lowest BCUT2D eigenvalue weighted by molar-refractivity contribution is -0.112. The molecule has 1 rings (SSSR count). The number of carbonyl (C=O) groups excluding carboxylic acids is 1. The molecule has 0 aliphatic carbocycles. The maximum absolute atomic E-state index is 10.7. The molecule has 1 aromatic rings. The summed E-state index contributed by atoms with van der Waals surface area (Å²) >= 11 is 0. The molecule has 3 heteroatoms. The molecule has 12 heavy (non-hydrogen) atoms. The van der Waals surface area contributed by atoms with Gasteiger partial charge in [0.2, 0.25) is 0 Å². The lowest BCUT2D eigenvalue weighted by Gasteiger charge is -1.99. The maximum atomic E-state index is 10.7. The average Bonchev–Trinajstić information content (AvgIpc) is 2.07. The Kier molecular flexibility index (Phi) is 2.48. The molecule has 0 saturated heterocycles. The second-order valence-corrected chi connectivity index (χ2v) is 2.27. The predicted octanol–water partition coefficient (Wildman–Crippen LogP) is 1.07. The number of amides is 1. The van der Waals surface area contributed by atoms with Crippen molar-refractivity contribution in [3.63, 3.8) is 0 Å². The number of hydrogen-bond donors (Lipinski definition) is 2. The first-order valence-electron chi connectivity index (χ1n) is 3.45. The first kappa shape index (κ1) is 8.33. The topological polar surface area (TPSA) is 63.3 Å². The molecule has 0 spiro atoms. The lowest BCUT2D eigenvalue weighted by Crippen LogP contribution is -2.12. The van der Waals surface area contributed by atoms with E-state index in [1.807, 2.05) is 6.07 Å². The lowest BCUT2D eigenvalue weighted by atomic mass is 10.1. The first-order chi connectivity index (χ1) is 5.75. The molecule has 0 atom stereocenters. The molecule has 0 aliphatic rings. The zero-order valence-electron chi connectivity index (χ0n) is 6.40.